The molecule has 1 aliphatic heterocycles. The fraction of sp³-hybridized carbons (Fsp3) is 0.438. The third-order valence-electron chi connectivity index (χ3n) is 4.39. The van der Waals surface area contributed by atoms with Crippen molar-refractivity contribution < 1.29 is 10.0 Å². The topological polar surface area (TPSA) is 79.5 Å². The lowest BCUT2D eigenvalue weighted by Gasteiger charge is -2.30. The van der Waals surface area contributed by atoms with Gasteiger partial charge in [-0.1, -0.05) is 6.92 Å². The molecular weight excluding hydrogens is 282 g/mol. The molecule has 1 aromatic heterocycles. The molecular formula is C16H19N3O3. The number of nitro groups is 1. The van der Waals surface area contributed by atoms with E-state index in [1.54, 1.807) is 12.1 Å². The van der Waals surface area contributed by atoms with Crippen LogP contribution in [0.1, 0.15) is 25.3 Å². The normalized spacial score (nSPS) is 17.0. The van der Waals surface area contributed by atoms with Gasteiger partial charge in [0, 0.05) is 24.4 Å². The Morgan fingerprint density at radius 3 is 2.86 bits per heavy atom. The molecule has 3 rings (SSSR count). The van der Waals surface area contributed by atoms with Crippen LogP contribution >= 0.6 is 0 Å². The summed E-state index contributed by atoms with van der Waals surface area (Å²) in [6.07, 6.45) is 3.78. The van der Waals surface area contributed by atoms with Crippen molar-refractivity contribution in [3.63, 3.8) is 0 Å². The van der Waals surface area contributed by atoms with Crippen LogP contribution in [0.25, 0.3) is 10.9 Å². The number of nitrogens with zero attached hydrogens (tertiary/aromatic N) is 3. The zero-order chi connectivity index (χ0) is 15.7. The average molecular weight is 301 g/mol. The quantitative estimate of drug-likeness (QED) is 0.696. The minimum atomic E-state index is -0.411. The van der Waals surface area contributed by atoms with E-state index in [9.17, 15) is 15.2 Å². The average Bonchev–Trinajstić information content (AvgIpc) is 2.52. The molecule has 0 spiro atoms. The lowest BCUT2D eigenvalue weighted by atomic mass is 9.98. The fourth-order valence-electron chi connectivity index (χ4n) is 3.00. The summed E-state index contributed by atoms with van der Waals surface area (Å²) < 4.78 is 0. The molecule has 0 aliphatic carbocycles. The Bertz CT molecular complexity index is 709. The third kappa shape index (κ3) is 2.74. The molecule has 0 amide bonds. The monoisotopic (exact) mass is 301 g/mol. The SMILES string of the molecule is CC1CCN(Cc2cc([N+](=O)[O-])c3cccnc3c2O)CC1. The van der Waals surface area contributed by atoms with E-state index in [-0.39, 0.29) is 11.4 Å². The molecule has 116 valence electrons. The van der Waals surface area contributed by atoms with Gasteiger partial charge in [0.2, 0.25) is 0 Å². The number of likely N-dealkylation sites (tertiary alicyclic amines) is 1. The Morgan fingerprint density at radius 2 is 2.18 bits per heavy atom. The number of phenols is 1. The summed E-state index contributed by atoms with van der Waals surface area (Å²) in [5, 5.41) is 22.1. The first-order chi connectivity index (χ1) is 10.6. The Balaban J connectivity index is 1.99. The number of non-ortho nitro benzene ring substituents is 1. The minimum absolute atomic E-state index is 0.00118. The van der Waals surface area contributed by atoms with Gasteiger partial charge in [0.25, 0.3) is 5.69 Å². The molecule has 22 heavy (non-hydrogen) atoms. The van der Waals surface area contributed by atoms with Crippen LogP contribution in [0.4, 0.5) is 5.69 Å². The van der Waals surface area contributed by atoms with Gasteiger partial charge in [0.1, 0.15) is 11.3 Å². The molecule has 6 heteroatoms. The predicted octanol–water partition coefficient (Wildman–Crippen LogP) is 3.08. The number of hydrogen-bond acceptors (Lipinski definition) is 5. The zero-order valence-corrected chi connectivity index (χ0v) is 12.5. The highest BCUT2D eigenvalue weighted by molar-refractivity contribution is 5.93. The van der Waals surface area contributed by atoms with Crippen LogP contribution in [0, 0.1) is 16.0 Å². The van der Waals surface area contributed by atoms with Crippen molar-refractivity contribution in [3.05, 3.63) is 40.1 Å². The smallest absolute Gasteiger partial charge is 0.279 e. The molecule has 1 fully saturated rings. The molecule has 0 unspecified atom stereocenters. The van der Waals surface area contributed by atoms with Crippen molar-refractivity contribution in [1.82, 2.24) is 9.88 Å². The summed E-state index contributed by atoms with van der Waals surface area (Å²) >= 11 is 0. The first-order valence-electron chi connectivity index (χ1n) is 7.52. The molecule has 0 atom stereocenters. The van der Waals surface area contributed by atoms with Crippen LogP contribution in [-0.4, -0.2) is 33.0 Å². The fourth-order valence-corrected chi connectivity index (χ4v) is 3.00. The van der Waals surface area contributed by atoms with Gasteiger partial charge in [0.15, 0.2) is 0 Å². The van der Waals surface area contributed by atoms with Crippen molar-refractivity contribution in [2.45, 2.75) is 26.3 Å². The van der Waals surface area contributed by atoms with Crippen LogP contribution in [-0.2, 0) is 6.54 Å². The van der Waals surface area contributed by atoms with Gasteiger partial charge >= 0.3 is 0 Å². The Labute approximate surface area is 128 Å². The molecule has 2 heterocycles. The van der Waals surface area contributed by atoms with Crippen molar-refractivity contribution in [1.29, 1.82) is 0 Å². The van der Waals surface area contributed by atoms with Gasteiger partial charge in [-0.05, 0) is 44.0 Å². The van der Waals surface area contributed by atoms with E-state index in [1.165, 1.54) is 12.3 Å². The van der Waals surface area contributed by atoms with E-state index >= 15 is 0 Å². The number of fused-ring (bicyclic) bond motifs is 1. The van der Waals surface area contributed by atoms with Gasteiger partial charge in [-0.25, -0.2) is 0 Å². The van der Waals surface area contributed by atoms with Crippen LogP contribution in [0.5, 0.6) is 5.75 Å². The lowest BCUT2D eigenvalue weighted by Crippen LogP contribution is -2.32. The molecule has 1 N–H and O–H groups in total. The van der Waals surface area contributed by atoms with Gasteiger partial charge in [-0.15, -0.1) is 0 Å². The van der Waals surface area contributed by atoms with Crippen molar-refractivity contribution in [3.8, 4) is 5.75 Å². The highest BCUT2D eigenvalue weighted by Gasteiger charge is 2.22. The van der Waals surface area contributed by atoms with E-state index in [1.807, 2.05) is 0 Å². The summed E-state index contributed by atoms with van der Waals surface area (Å²) in [6.45, 7) is 4.66. The number of piperidine rings is 1. The molecule has 0 saturated carbocycles. The predicted molar refractivity (Wildman–Crippen MR) is 83.7 cm³/mol. The number of pyridine rings is 1. The molecule has 6 nitrogen and oxygen atoms in total. The van der Waals surface area contributed by atoms with Gasteiger partial charge in [-0.2, -0.15) is 0 Å². The molecule has 0 radical (unpaired) electrons. The van der Waals surface area contributed by atoms with Crippen molar-refractivity contribution in [2.75, 3.05) is 13.1 Å². The van der Waals surface area contributed by atoms with Crippen molar-refractivity contribution >= 4 is 16.6 Å². The second-order valence-electron chi connectivity index (χ2n) is 6.02. The van der Waals surface area contributed by atoms with Crippen LogP contribution in [0.2, 0.25) is 0 Å². The second kappa shape index (κ2) is 5.88. The molecule has 1 saturated heterocycles. The number of nitro benzene ring substituents is 1. The van der Waals surface area contributed by atoms with E-state index < -0.39 is 4.92 Å². The lowest BCUT2D eigenvalue weighted by molar-refractivity contribution is -0.383. The first kappa shape index (κ1) is 14.7. The van der Waals surface area contributed by atoms with E-state index in [0.717, 1.165) is 31.8 Å². The molecule has 2 aromatic rings. The van der Waals surface area contributed by atoms with E-state index in [2.05, 4.69) is 16.8 Å². The summed E-state index contributed by atoms with van der Waals surface area (Å²) in [5.74, 6) is 0.775. The number of phenolic OH excluding ortho intramolecular Hbond substituents is 1. The van der Waals surface area contributed by atoms with E-state index in [0.29, 0.717) is 23.0 Å². The molecule has 1 aromatic carbocycles. The third-order valence-corrected chi connectivity index (χ3v) is 4.39. The summed E-state index contributed by atoms with van der Waals surface area (Å²) in [5.41, 5.74) is 0.880. The van der Waals surface area contributed by atoms with Gasteiger partial charge in [-0.3, -0.25) is 20.0 Å². The molecule has 0 bridgehead atoms. The maximum Gasteiger partial charge on any atom is 0.279 e. The maximum atomic E-state index is 11.3. The maximum absolute atomic E-state index is 11.3. The number of benzene rings is 1. The second-order valence-corrected chi connectivity index (χ2v) is 6.02. The van der Waals surface area contributed by atoms with Crippen LogP contribution < -0.4 is 0 Å². The highest BCUT2D eigenvalue weighted by Crippen LogP contribution is 2.35. The Kier molecular flexibility index (Phi) is 3.94. The van der Waals surface area contributed by atoms with Gasteiger partial charge < -0.3 is 5.11 Å². The van der Waals surface area contributed by atoms with Gasteiger partial charge in [0.05, 0.1) is 10.3 Å². The summed E-state index contributed by atoms with van der Waals surface area (Å²) in [6, 6.07) is 4.74. The first-order valence-corrected chi connectivity index (χ1v) is 7.52. The Hall–Kier alpha value is -2.21. The number of rotatable bonds is 3. The Morgan fingerprint density at radius 1 is 1.45 bits per heavy atom. The van der Waals surface area contributed by atoms with Crippen LogP contribution in [0.15, 0.2) is 24.4 Å². The summed E-state index contributed by atoms with van der Waals surface area (Å²) in [7, 11) is 0. The zero-order valence-electron chi connectivity index (χ0n) is 12.5. The van der Waals surface area contributed by atoms with E-state index in [4.69, 9.17) is 0 Å². The van der Waals surface area contributed by atoms with Crippen molar-refractivity contribution in [2.24, 2.45) is 5.92 Å². The standard InChI is InChI=1S/C16H19N3O3/c1-11-4-7-18(8-5-11)10-12-9-14(19(21)22)13-3-2-6-17-15(13)16(12)20/h2-3,6,9,11,20H,4-5,7-8,10H2,1H3. The largest absolute Gasteiger partial charge is 0.505 e. The number of aromatic nitrogens is 1. The number of aromatic hydroxyl groups is 1. The highest BCUT2D eigenvalue weighted by atomic mass is 16.6. The number of hydrogen-bond donors (Lipinski definition) is 1. The van der Waals surface area contributed by atoms with Crippen LogP contribution in [0.3, 0.4) is 0 Å². The minimum Gasteiger partial charge on any atom is -0.505 e. The summed E-state index contributed by atoms with van der Waals surface area (Å²) in [4.78, 5) is 17.2. The molecule has 1 aliphatic rings.